The van der Waals surface area contributed by atoms with Gasteiger partial charge in [-0.15, -0.1) is 0 Å². The van der Waals surface area contributed by atoms with Crippen molar-refractivity contribution in [3.8, 4) is 5.75 Å². The fourth-order valence-corrected chi connectivity index (χ4v) is 2.32. The second kappa shape index (κ2) is 8.96. The molecule has 0 radical (unpaired) electrons. The lowest BCUT2D eigenvalue weighted by molar-refractivity contribution is -0.122. The van der Waals surface area contributed by atoms with E-state index in [0.717, 1.165) is 24.4 Å². The van der Waals surface area contributed by atoms with E-state index in [2.05, 4.69) is 29.3 Å². The number of ether oxygens (including phenoxy) is 1. The molecule has 2 rings (SSSR count). The van der Waals surface area contributed by atoms with Gasteiger partial charge in [-0.2, -0.15) is 0 Å². The van der Waals surface area contributed by atoms with Crippen molar-refractivity contribution in [2.24, 2.45) is 0 Å². The molecule has 0 spiro atoms. The van der Waals surface area contributed by atoms with Gasteiger partial charge in [-0.1, -0.05) is 49.4 Å². The van der Waals surface area contributed by atoms with Crippen LogP contribution in [0.15, 0.2) is 54.6 Å². The number of nitrogens with zero attached hydrogens (tertiary/aromatic N) is 1. The SMILES string of the molecule is CCN(CC(=O)NCc1ccc(OC)cc1)Cc1ccccc1. The van der Waals surface area contributed by atoms with E-state index < -0.39 is 0 Å². The summed E-state index contributed by atoms with van der Waals surface area (Å²) in [5.41, 5.74) is 2.28. The highest BCUT2D eigenvalue weighted by Gasteiger charge is 2.09. The molecule has 0 saturated carbocycles. The fraction of sp³-hybridized carbons (Fsp3) is 0.316. The van der Waals surface area contributed by atoms with Crippen LogP contribution in [0.5, 0.6) is 5.75 Å². The summed E-state index contributed by atoms with van der Waals surface area (Å²) in [5, 5.41) is 2.97. The minimum absolute atomic E-state index is 0.0404. The number of nitrogens with one attached hydrogen (secondary N) is 1. The maximum Gasteiger partial charge on any atom is 0.234 e. The number of rotatable bonds is 8. The molecule has 0 fully saturated rings. The van der Waals surface area contributed by atoms with E-state index in [0.29, 0.717) is 13.1 Å². The average molecular weight is 312 g/mol. The molecule has 23 heavy (non-hydrogen) atoms. The number of hydrogen-bond donors (Lipinski definition) is 1. The molecule has 4 nitrogen and oxygen atoms in total. The zero-order valence-electron chi connectivity index (χ0n) is 13.8. The first-order valence-corrected chi connectivity index (χ1v) is 7.87. The molecule has 4 heteroatoms. The highest BCUT2D eigenvalue weighted by molar-refractivity contribution is 5.78. The summed E-state index contributed by atoms with van der Waals surface area (Å²) in [6.07, 6.45) is 0. The molecule has 0 saturated heterocycles. The van der Waals surface area contributed by atoms with Crippen LogP contribution in [0.4, 0.5) is 0 Å². The van der Waals surface area contributed by atoms with Gasteiger partial charge < -0.3 is 10.1 Å². The van der Waals surface area contributed by atoms with Gasteiger partial charge in [-0.05, 0) is 29.8 Å². The Morgan fingerprint density at radius 3 is 2.35 bits per heavy atom. The van der Waals surface area contributed by atoms with Gasteiger partial charge in [0.05, 0.1) is 13.7 Å². The molecule has 0 aliphatic rings. The van der Waals surface area contributed by atoms with Crippen LogP contribution in [0.2, 0.25) is 0 Å². The van der Waals surface area contributed by atoms with Crippen LogP contribution < -0.4 is 10.1 Å². The van der Waals surface area contributed by atoms with Gasteiger partial charge >= 0.3 is 0 Å². The lowest BCUT2D eigenvalue weighted by Gasteiger charge is -2.20. The van der Waals surface area contributed by atoms with E-state index in [-0.39, 0.29) is 5.91 Å². The van der Waals surface area contributed by atoms with Crippen molar-refractivity contribution in [3.05, 3.63) is 65.7 Å². The van der Waals surface area contributed by atoms with Crippen molar-refractivity contribution >= 4 is 5.91 Å². The summed E-state index contributed by atoms with van der Waals surface area (Å²) in [6.45, 7) is 4.63. The Bertz CT molecular complexity index is 597. The maximum atomic E-state index is 12.1. The van der Waals surface area contributed by atoms with Crippen LogP contribution in [0.25, 0.3) is 0 Å². The van der Waals surface area contributed by atoms with Crippen LogP contribution in [-0.4, -0.2) is 31.0 Å². The summed E-state index contributed by atoms with van der Waals surface area (Å²) in [4.78, 5) is 14.2. The molecule has 0 unspecified atom stereocenters. The molecule has 2 aromatic rings. The highest BCUT2D eigenvalue weighted by Crippen LogP contribution is 2.11. The molecular formula is C19H24N2O2. The summed E-state index contributed by atoms with van der Waals surface area (Å²) < 4.78 is 5.12. The predicted octanol–water partition coefficient (Wildman–Crippen LogP) is 2.83. The van der Waals surface area contributed by atoms with Crippen LogP contribution in [0.3, 0.4) is 0 Å². The molecule has 0 aliphatic carbocycles. The summed E-state index contributed by atoms with van der Waals surface area (Å²) in [7, 11) is 1.64. The van der Waals surface area contributed by atoms with Gasteiger partial charge in [0.25, 0.3) is 0 Å². The van der Waals surface area contributed by atoms with Crippen LogP contribution in [-0.2, 0) is 17.9 Å². The Morgan fingerprint density at radius 2 is 1.74 bits per heavy atom. The molecule has 0 aliphatic heterocycles. The van der Waals surface area contributed by atoms with E-state index in [4.69, 9.17) is 4.74 Å². The summed E-state index contributed by atoms with van der Waals surface area (Å²) in [5.74, 6) is 0.860. The summed E-state index contributed by atoms with van der Waals surface area (Å²) in [6, 6.07) is 17.9. The van der Waals surface area contributed by atoms with E-state index in [1.165, 1.54) is 5.56 Å². The first-order chi connectivity index (χ1) is 11.2. The molecule has 1 amide bonds. The average Bonchev–Trinajstić information content (AvgIpc) is 2.60. The third-order valence-corrected chi connectivity index (χ3v) is 3.71. The van der Waals surface area contributed by atoms with Crippen molar-refractivity contribution in [1.82, 2.24) is 10.2 Å². The smallest absolute Gasteiger partial charge is 0.234 e. The van der Waals surface area contributed by atoms with E-state index >= 15 is 0 Å². The van der Waals surface area contributed by atoms with Gasteiger partial charge in [0.1, 0.15) is 5.75 Å². The van der Waals surface area contributed by atoms with Crippen LogP contribution >= 0.6 is 0 Å². The monoisotopic (exact) mass is 312 g/mol. The second-order valence-corrected chi connectivity index (χ2v) is 5.41. The molecule has 0 bridgehead atoms. The zero-order valence-corrected chi connectivity index (χ0v) is 13.8. The molecule has 0 aromatic heterocycles. The number of carbonyl (C=O) groups is 1. The molecule has 0 atom stereocenters. The first-order valence-electron chi connectivity index (χ1n) is 7.87. The zero-order chi connectivity index (χ0) is 16.5. The van der Waals surface area contributed by atoms with E-state index in [1.54, 1.807) is 7.11 Å². The van der Waals surface area contributed by atoms with Gasteiger partial charge in [-0.25, -0.2) is 0 Å². The Morgan fingerprint density at radius 1 is 1.04 bits per heavy atom. The topological polar surface area (TPSA) is 41.6 Å². The molecular weight excluding hydrogens is 288 g/mol. The predicted molar refractivity (Wildman–Crippen MR) is 92.2 cm³/mol. The molecule has 0 heterocycles. The molecule has 122 valence electrons. The van der Waals surface area contributed by atoms with Gasteiger partial charge in [0.2, 0.25) is 5.91 Å². The van der Waals surface area contributed by atoms with Crippen molar-refractivity contribution in [2.75, 3.05) is 20.2 Å². The molecule has 2 aromatic carbocycles. The van der Waals surface area contributed by atoms with Crippen molar-refractivity contribution in [3.63, 3.8) is 0 Å². The van der Waals surface area contributed by atoms with Gasteiger partial charge in [0.15, 0.2) is 0 Å². The van der Waals surface area contributed by atoms with Crippen molar-refractivity contribution in [2.45, 2.75) is 20.0 Å². The normalized spacial score (nSPS) is 10.6. The third-order valence-electron chi connectivity index (χ3n) is 3.71. The van der Waals surface area contributed by atoms with E-state index in [1.807, 2.05) is 42.5 Å². The van der Waals surface area contributed by atoms with Crippen LogP contribution in [0.1, 0.15) is 18.1 Å². The number of amides is 1. The van der Waals surface area contributed by atoms with Crippen molar-refractivity contribution in [1.29, 1.82) is 0 Å². The fourth-order valence-electron chi connectivity index (χ4n) is 2.32. The largest absolute Gasteiger partial charge is 0.497 e. The lowest BCUT2D eigenvalue weighted by atomic mass is 10.2. The standard InChI is InChI=1S/C19H24N2O2/c1-3-21(14-17-7-5-4-6-8-17)15-19(22)20-13-16-9-11-18(23-2)12-10-16/h4-12H,3,13-15H2,1-2H3,(H,20,22). The quantitative estimate of drug-likeness (QED) is 0.815. The minimum atomic E-state index is 0.0404. The minimum Gasteiger partial charge on any atom is -0.497 e. The lowest BCUT2D eigenvalue weighted by Crippen LogP contribution is -2.36. The Hall–Kier alpha value is -2.33. The number of carbonyl (C=O) groups excluding carboxylic acids is 1. The second-order valence-electron chi connectivity index (χ2n) is 5.41. The third kappa shape index (κ3) is 5.75. The van der Waals surface area contributed by atoms with E-state index in [9.17, 15) is 4.79 Å². The highest BCUT2D eigenvalue weighted by atomic mass is 16.5. The van der Waals surface area contributed by atoms with Crippen LogP contribution in [0, 0.1) is 0 Å². The first kappa shape index (κ1) is 17.0. The number of hydrogen-bond acceptors (Lipinski definition) is 3. The van der Waals surface area contributed by atoms with Gasteiger partial charge in [-0.3, -0.25) is 9.69 Å². The summed E-state index contributed by atoms with van der Waals surface area (Å²) >= 11 is 0. The Balaban J connectivity index is 1.80. The number of methoxy groups -OCH3 is 1. The number of benzene rings is 2. The molecule has 1 N–H and O–H groups in total. The Labute approximate surface area is 138 Å². The number of likely N-dealkylation sites (N-methyl/N-ethyl adjacent to an activating group) is 1. The van der Waals surface area contributed by atoms with Gasteiger partial charge in [0, 0.05) is 13.1 Å². The maximum absolute atomic E-state index is 12.1. The van der Waals surface area contributed by atoms with Crippen molar-refractivity contribution < 1.29 is 9.53 Å². The Kier molecular flexibility index (Phi) is 6.63.